The van der Waals surface area contributed by atoms with Gasteiger partial charge in [0.05, 0.1) is 24.6 Å². The Bertz CT molecular complexity index is 1120. The number of fused-ring (bicyclic) bond motifs is 2. The summed E-state index contributed by atoms with van der Waals surface area (Å²) < 4.78 is 41.1. The first-order chi connectivity index (χ1) is 14.3. The van der Waals surface area contributed by atoms with Gasteiger partial charge in [-0.15, -0.1) is 11.3 Å². The van der Waals surface area contributed by atoms with E-state index < -0.39 is 28.4 Å². The number of rotatable bonds is 6. The molecule has 9 nitrogen and oxygen atoms in total. The molecule has 160 valence electrons. The third-order valence-corrected chi connectivity index (χ3v) is 7.24. The molecule has 1 aliphatic heterocycles. The van der Waals surface area contributed by atoms with E-state index in [1.807, 2.05) is 0 Å². The first kappa shape index (κ1) is 20.5. The Morgan fingerprint density at radius 3 is 2.73 bits per heavy atom. The molecule has 0 atom stereocenters. The molecule has 0 spiro atoms. The SMILES string of the molecule is COC(=O)c1c(NC(=O)CN(c2ccc3c(c2)OCO3)S(C)(=O)=O)sc2c1CCC2. The molecule has 0 fully saturated rings. The van der Waals surface area contributed by atoms with Gasteiger partial charge in [0.2, 0.25) is 22.7 Å². The molecule has 1 aromatic carbocycles. The molecule has 30 heavy (non-hydrogen) atoms. The van der Waals surface area contributed by atoms with Crippen molar-refractivity contribution in [2.45, 2.75) is 19.3 Å². The summed E-state index contributed by atoms with van der Waals surface area (Å²) in [5.41, 5.74) is 1.54. The first-order valence-corrected chi connectivity index (χ1v) is 11.8. The number of carbonyl (C=O) groups excluding carboxylic acids is 2. The summed E-state index contributed by atoms with van der Waals surface area (Å²) in [5, 5.41) is 3.08. The third kappa shape index (κ3) is 3.82. The fourth-order valence-corrected chi connectivity index (χ4v) is 5.69. The Morgan fingerprint density at radius 2 is 2.00 bits per heavy atom. The Kier molecular flexibility index (Phi) is 5.33. The fraction of sp³-hybridized carbons (Fsp3) is 0.368. The van der Waals surface area contributed by atoms with Crippen LogP contribution in [0.1, 0.15) is 27.2 Å². The third-order valence-electron chi connectivity index (χ3n) is 4.90. The maximum atomic E-state index is 12.7. The molecule has 0 unspecified atom stereocenters. The van der Waals surface area contributed by atoms with E-state index in [1.54, 1.807) is 12.1 Å². The van der Waals surface area contributed by atoms with Crippen LogP contribution in [0, 0.1) is 0 Å². The summed E-state index contributed by atoms with van der Waals surface area (Å²) in [6.45, 7) is -0.404. The number of carbonyl (C=O) groups is 2. The highest BCUT2D eigenvalue weighted by Crippen LogP contribution is 2.40. The lowest BCUT2D eigenvalue weighted by atomic mass is 10.1. The van der Waals surface area contributed by atoms with E-state index in [9.17, 15) is 18.0 Å². The Hall–Kier alpha value is -2.79. The Morgan fingerprint density at radius 1 is 1.23 bits per heavy atom. The molecule has 1 amide bonds. The average molecular weight is 453 g/mol. The van der Waals surface area contributed by atoms with E-state index in [4.69, 9.17) is 14.2 Å². The molecular weight excluding hydrogens is 432 g/mol. The summed E-state index contributed by atoms with van der Waals surface area (Å²) in [5.74, 6) is -0.166. The van der Waals surface area contributed by atoms with Crippen molar-refractivity contribution in [3.05, 3.63) is 34.2 Å². The van der Waals surface area contributed by atoms with Crippen LogP contribution in [0.3, 0.4) is 0 Å². The zero-order valence-electron chi connectivity index (χ0n) is 16.4. The lowest BCUT2D eigenvalue weighted by Gasteiger charge is -2.22. The Balaban J connectivity index is 1.58. The molecule has 0 saturated heterocycles. The quantitative estimate of drug-likeness (QED) is 0.669. The molecule has 1 aliphatic carbocycles. The van der Waals surface area contributed by atoms with Gasteiger partial charge < -0.3 is 19.5 Å². The molecule has 2 aromatic rings. The minimum Gasteiger partial charge on any atom is -0.465 e. The van der Waals surface area contributed by atoms with E-state index in [1.165, 1.54) is 24.5 Å². The number of nitrogens with zero attached hydrogens (tertiary/aromatic N) is 1. The number of thiophene rings is 1. The summed E-state index contributed by atoms with van der Waals surface area (Å²) >= 11 is 1.33. The largest absolute Gasteiger partial charge is 0.465 e. The molecule has 0 radical (unpaired) electrons. The fourth-order valence-electron chi connectivity index (χ4n) is 3.55. The summed E-state index contributed by atoms with van der Waals surface area (Å²) in [6.07, 6.45) is 3.56. The number of hydrogen-bond acceptors (Lipinski definition) is 8. The van der Waals surface area contributed by atoms with Crippen molar-refractivity contribution in [3.63, 3.8) is 0 Å². The van der Waals surface area contributed by atoms with Crippen molar-refractivity contribution in [3.8, 4) is 11.5 Å². The first-order valence-electron chi connectivity index (χ1n) is 9.18. The number of benzene rings is 1. The van der Waals surface area contributed by atoms with Gasteiger partial charge in [-0.3, -0.25) is 9.10 Å². The predicted octanol–water partition coefficient (Wildman–Crippen LogP) is 2.16. The lowest BCUT2D eigenvalue weighted by molar-refractivity contribution is -0.114. The van der Waals surface area contributed by atoms with Crippen LogP contribution in [0.2, 0.25) is 0 Å². The van der Waals surface area contributed by atoms with E-state index >= 15 is 0 Å². The van der Waals surface area contributed by atoms with E-state index in [0.717, 1.165) is 40.3 Å². The van der Waals surface area contributed by atoms with Crippen LogP contribution in [-0.4, -0.2) is 47.0 Å². The van der Waals surface area contributed by atoms with Crippen LogP contribution in [0.25, 0.3) is 0 Å². The monoisotopic (exact) mass is 452 g/mol. The van der Waals surface area contributed by atoms with Crippen LogP contribution in [0.4, 0.5) is 10.7 Å². The number of sulfonamides is 1. The van der Waals surface area contributed by atoms with Gasteiger partial charge in [0.15, 0.2) is 11.5 Å². The van der Waals surface area contributed by atoms with Gasteiger partial charge in [-0.25, -0.2) is 13.2 Å². The maximum absolute atomic E-state index is 12.7. The number of methoxy groups -OCH3 is 1. The maximum Gasteiger partial charge on any atom is 0.341 e. The normalized spacial score (nSPS) is 14.3. The van der Waals surface area contributed by atoms with Gasteiger partial charge in [0.1, 0.15) is 11.5 Å². The zero-order valence-corrected chi connectivity index (χ0v) is 18.0. The molecule has 2 heterocycles. The number of nitrogens with one attached hydrogen (secondary N) is 1. The van der Waals surface area contributed by atoms with Gasteiger partial charge in [0, 0.05) is 10.9 Å². The summed E-state index contributed by atoms with van der Waals surface area (Å²) in [7, 11) is -2.47. The van der Waals surface area contributed by atoms with Crippen molar-refractivity contribution < 1.29 is 32.2 Å². The number of ether oxygens (including phenoxy) is 3. The second-order valence-corrected chi connectivity index (χ2v) is 9.92. The number of esters is 1. The number of amides is 1. The van der Waals surface area contributed by atoms with Crippen molar-refractivity contribution in [2.24, 2.45) is 0 Å². The standard InChI is InChI=1S/C19H20N2O7S2/c1-26-19(23)17-12-4-3-5-15(12)29-18(17)20-16(22)9-21(30(2,24)25)11-6-7-13-14(8-11)28-10-27-13/h6-8H,3-5,9-10H2,1-2H3,(H,20,22). The van der Waals surface area contributed by atoms with Crippen LogP contribution in [-0.2, 0) is 32.4 Å². The smallest absolute Gasteiger partial charge is 0.341 e. The van der Waals surface area contributed by atoms with Gasteiger partial charge in [-0.05, 0) is 37.0 Å². The van der Waals surface area contributed by atoms with Crippen LogP contribution in [0.5, 0.6) is 11.5 Å². The predicted molar refractivity (Wildman–Crippen MR) is 111 cm³/mol. The minimum absolute atomic E-state index is 0.0531. The highest BCUT2D eigenvalue weighted by atomic mass is 32.2. The number of anilines is 2. The molecule has 1 aromatic heterocycles. The van der Waals surface area contributed by atoms with Crippen molar-refractivity contribution >= 4 is 43.9 Å². The number of hydrogen-bond donors (Lipinski definition) is 1. The van der Waals surface area contributed by atoms with Crippen LogP contribution >= 0.6 is 11.3 Å². The van der Waals surface area contributed by atoms with Crippen LogP contribution in [0.15, 0.2) is 18.2 Å². The number of aryl methyl sites for hydroxylation is 1. The molecule has 1 N–H and O–H groups in total. The topological polar surface area (TPSA) is 111 Å². The van der Waals surface area contributed by atoms with E-state index in [0.29, 0.717) is 22.1 Å². The van der Waals surface area contributed by atoms with Crippen molar-refractivity contribution in [2.75, 3.05) is 36.3 Å². The Labute approximate surface area is 177 Å². The van der Waals surface area contributed by atoms with Gasteiger partial charge in [-0.2, -0.15) is 0 Å². The van der Waals surface area contributed by atoms with E-state index in [2.05, 4.69) is 5.32 Å². The van der Waals surface area contributed by atoms with Crippen molar-refractivity contribution in [1.29, 1.82) is 0 Å². The van der Waals surface area contributed by atoms with Gasteiger partial charge in [0.25, 0.3) is 0 Å². The van der Waals surface area contributed by atoms with Crippen molar-refractivity contribution in [1.82, 2.24) is 0 Å². The highest BCUT2D eigenvalue weighted by Gasteiger charge is 2.29. The van der Waals surface area contributed by atoms with E-state index in [-0.39, 0.29) is 12.5 Å². The second kappa shape index (κ2) is 7.80. The van der Waals surface area contributed by atoms with Crippen LogP contribution < -0.4 is 19.1 Å². The molecule has 11 heteroatoms. The molecule has 0 saturated carbocycles. The minimum atomic E-state index is -3.76. The van der Waals surface area contributed by atoms with Gasteiger partial charge in [-0.1, -0.05) is 0 Å². The summed E-state index contributed by atoms with van der Waals surface area (Å²) in [6, 6.07) is 4.64. The molecule has 4 rings (SSSR count). The molecule has 0 bridgehead atoms. The molecule has 2 aliphatic rings. The lowest BCUT2D eigenvalue weighted by Crippen LogP contribution is -2.37. The van der Waals surface area contributed by atoms with Gasteiger partial charge >= 0.3 is 5.97 Å². The second-order valence-electron chi connectivity index (χ2n) is 6.91. The zero-order chi connectivity index (χ0) is 21.5. The summed E-state index contributed by atoms with van der Waals surface area (Å²) in [4.78, 5) is 26.0. The average Bonchev–Trinajstić information content (AvgIpc) is 3.39. The molecular formula is C19H20N2O7S2. The highest BCUT2D eigenvalue weighted by molar-refractivity contribution is 7.92.